The lowest BCUT2D eigenvalue weighted by Gasteiger charge is -2.22. The fraction of sp³-hybridized carbons (Fsp3) is 0.500. The third kappa shape index (κ3) is 2.06. The number of hydrogen-bond acceptors (Lipinski definition) is 5. The molecule has 0 aromatic carbocycles. The first-order valence-corrected chi connectivity index (χ1v) is 7.22. The summed E-state index contributed by atoms with van der Waals surface area (Å²) in [6.07, 6.45) is 8.95. The molecule has 2 saturated heterocycles. The first-order valence-electron chi connectivity index (χ1n) is 7.22. The lowest BCUT2D eigenvalue weighted by Crippen LogP contribution is -2.33. The molecular weight excluding hydrogens is 252 g/mol. The predicted octanol–water partition coefficient (Wildman–Crippen LogP) is 1.31. The highest BCUT2D eigenvalue weighted by Gasteiger charge is 2.36. The van der Waals surface area contributed by atoms with Crippen LogP contribution in [0.3, 0.4) is 0 Å². The zero-order valence-electron chi connectivity index (χ0n) is 11.3. The van der Waals surface area contributed by atoms with Crippen LogP contribution in [0.25, 0.3) is 5.82 Å². The topological polar surface area (TPSA) is 58.9 Å². The fourth-order valence-electron chi connectivity index (χ4n) is 3.40. The molecule has 2 aliphatic heterocycles. The van der Waals surface area contributed by atoms with Crippen molar-refractivity contribution >= 4 is 5.69 Å². The van der Waals surface area contributed by atoms with Crippen LogP contribution in [0.15, 0.2) is 31.0 Å². The fourth-order valence-corrected chi connectivity index (χ4v) is 3.40. The van der Waals surface area contributed by atoms with Crippen LogP contribution in [0.2, 0.25) is 0 Å². The van der Waals surface area contributed by atoms with E-state index < -0.39 is 0 Å². The normalized spacial score (nSPS) is 25.8. The average Bonchev–Trinajstić information content (AvgIpc) is 3.18. The van der Waals surface area contributed by atoms with Crippen molar-refractivity contribution in [3.05, 3.63) is 31.0 Å². The summed E-state index contributed by atoms with van der Waals surface area (Å²) >= 11 is 0. The van der Waals surface area contributed by atoms with E-state index in [0.717, 1.165) is 11.5 Å². The monoisotopic (exact) mass is 270 g/mol. The smallest absolute Gasteiger partial charge is 0.155 e. The van der Waals surface area contributed by atoms with Crippen LogP contribution in [0, 0.1) is 0 Å². The van der Waals surface area contributed by atoms with Gasteiger partial charge in [0, 0.05) is 18.6 Å². The highest BCUT2D eigenvalue weighted by molar-refractivity contribution is 5.45. The summed E-state index contributed by atoms with van der Waals surface area (Å²) in [6, 6.07) is 5.32. The maximum atomic E-state index is 4.43. The minimum absolute atomic E-state index is 0.566. The number of rotatable bonds is 3. The Morgan fingerprint density at radius 1 is 1.20 bits per heavy atom. The van der Waals surface area contributed by atoms with Crippen LogP contribution in [0.4, 0.5) is 5.69 Å². The number of pyridine rings is 1. The second-order valence-electron chi connectivity index (χ2n) is 5.53. The van der Waals surface area contributed by atoms with E-state index in [4.69, 9.17) is 0 Å². The molecule has 0 amide bonds. The van der Waals surface area contributed by atoms with Gasteiger partial charge in [-0.1, -0.05) is 0 Å². The van der Waals surface area contributed by atoms with Crippen molar-refractivity contribution in [2.75, 3.05) is 18.4 Å². The predicted molar refractivity (Wildman–Crippen MR) is 75.8 cm³/mol. The average molecular weight is 270 g/mol. The van der Waals surface area contributed by atoms with Gasteiger partial charge < -0.3 is 5.32 Å². The highest BCUT2D eigenvalue weighted by Crippen LogP contribution is 2.29. The molecule has 4 rings (SSSR count). The maximum absolute atomic E-state index is 4.43. The van der Waals surface area contributed by atoms with Gasteiger partial charge in [0.15, 0.2) is 5.82 Å². The van der Waals surface area contributed by atoms with Crippen LogP contribution in [0.5, 0.6) is 0 Å². The van der Waals surface area contributed by atoms with Gasteiger partial charge in [-0.15, -0.1) is 0 Å². The van der Waals surface area contributed by atoms with E-state index in [1.165, 1.54) is 38.7 Å². The standard InChI is InChI=1S/C14H18N6/c1-2-13-12(5-7-19(13)6-1)18-11-3-4-14(16-8-11)20-10-15-9-17-20/h3-4,8-10,12-13,18H,1-2,5-7H2. The lowest BCUT2D eigenvalue weighted by molar-refractivity contribution is 0.318. The van der Waals surface area contributed by atoms with Crippen molar-refractivity contribution < 1.29 is 0 Å². The van der Waals surface area contributed by atoms with Crippen molar-refractivity contribution in [2.24, 2.45) is 0 Å². The summed E-state index contributed by atoms with van der Waals surface area (Å²) < 4.78 is 1.66. The number of nitrogens with one attached hydrogen (secondary N) is 1. The van der Waals surface area contributed by atoms with Gasteiger partial charge in [-0.05, 0) is 37.9 Å². The quantitative estimate of drug-likeness (QED) is 0.911. The maximum Gasteiger partial charge on any atom is 0.155 e. The van der Waals surface area contributed by atoms with Crippen LogP contribution in [-0.2, 0) is 0 Å². The van der Waals surface area contributed by atoms with E-state index in [0.29, 0.717) is 12.1 Å². The van der Waals surface area contributed by atoms with Gasteiger partial charge in [0.2, 0.25) is 0 Å². The van der Waals surface area contributed by atoms with E-state index in [9.17, 15) is 0 Å². The number of nitrogens with zero attached hydrogens (tertiary/aromatic N) is 5. The molecule has 6 heteroatoms. The molecule has 2 fully saturated rings. The van der Waals surface area contributed by atoms with E-state index in [1.54, 1.807) is 11.0 Å². The van der Waals surface area contributed by atoms with Gasteiger partial charge in [-0.25, -0.2) is 14.6 Å². The summed E-state index contributed by atoms with van der Waals surface area (Å²) in [5.74, 6) is 0.793. The summed E-state index contributed by atoms with van der Waals surface area (Å²) in [5, 5.41) is 7.71. The molecule has 0 saturated carbocycles. The van der Waals surface area contributed by atoms with Crippen LogP contribution in [-0.4, -0.2) is 49.8 Å². The Balaban J connectivity index is 1.47. The zero-order valence-corrected chi connectivity index (χ0v) is 11.3. The molecule has 6 nitrogen and oxygen atoms in total. The van der Waals surface area contributed by atoms with Gasteiger partial charge in [0.1, 0.15) is 12.7 Å². The van der Waals surface area contributed by atoms with Crippen molar-refractivity contribution in [3.8, 4) is 5.82 Å². The summed E-state index contributed by atoms with van der Waals surface area (Å²) in [6.45, 7) is 2.50. The van der Waals surface area contributed by atoms with Crippen LogP contribution in [0.1, 0.15) is 19.3 Å². The highest BCUT2D eigenvalue weighted by atomic mass is 15.3. The molecule has 104 valence electrons. The van der Waals surface area contributed by atoms with Crippen molar-refractivity contribution in [2.45, 2.75) is 31.3 Å². The molecule has 0 spiro atoms. The number of fused-ring (bicyclic) bond motifs is 1. The Labute approximate surface area is 117 Å². The van der Waals surface area contributed by atoms with Gasteiger partial charge >= 0.3 is 0 Å². The van der Waals surface area contributed by atoms with E-state index >= 15 is 0 Å². The molecule has 2 unspecified atom stereocenters. The van der Waals surface area contributed by atoms with Crippen molar-refractivity contribution in [3.63, 3.8) is 0 Å². The third-order valence-electron chi connectivity index (χ3n) is 4.36. The SMILES string of the molecule is c1ncn(-c2ccc(NC3CCN4CCCC34)cn2)n1. The molecule has 2 aromatic heterocycles. The van der Waals surface area contributed by atoms with Gasteiger partial charge in [0.05, 0.1) is 11.9 Å². The second kappa shape index (κ2) is 4.86. The van der Waals surface area contributed by atoms with Gasteiger partial charge in [0.25, 0.3) is 0 Å². The molecule has 0 aliphatic carbocycles. The van der Waals surface area contributed by atoms with Crippen LogP contribution >= 0.6 is 0 Å². The minimum atomic E-state index is 0.566. The van der Waals surface area contributed by atoms with E-state index in [2.05, 4.69) is 31.3 Å². The molecule has 4 heterocycles. The zero-order chi connectivity index (χ0) is 13.4. The Kier molecular flexibility index (Phi) is 2.88. The van der Waals surface area contributed by atoms with Crippen molar-refractivity contribution in [1.29, 1.82) is 0 Å². The van der Waals surface area contributed by atoms with E-state index in [-0.39, 0.29) is 0 Å². The Bertz CT molecular complexity index is 564. The third-order valence-corrected chi connectivity index (χ3v) is 4.36. The molecule has 2 aliphatic rings. The molecule has 0 bridgehead atoms. The van der Waals surface area contributed by atoms with Crippen molar-refractivity contribution in [1.82, 2.24) is 24.6 Å². The molecule has 2 aromatic rings. The summed E-state index contributed by atoms with van der Waals surface area (Å²) in [5.41, 5.74) is 1.09. The van der Waals surface area contributed by atoms with E-state index in [1.807, 2.05) is 12.3 Å². The summed E-state index contributed by atoms with van der Waals surface area (Å²) in [4.78, 5) is 11.0. The Morgan fingerprint density at radius 3 is 3.00 bits per heavy atom. The molecule has 0 radical (unpaired) electrons. The lowest BCUT2D eigenvalue weighted by atomic mass is 10.1. The minimum Gasteiger partial charge on any atom is -0.379 e. The first kappa shape index (κ1) is 11.8. The van der Waals surface area contributed by atoms with Gasteiger partial charge in [-0.2, -0.15) is 5.10 Å². The molecule has 20 heavy (non-hydrogen) atoms. The number of hydrogen-bond donors (Lipinski definition) is 1. The number of anilines is 1. The molecule has 1 N–H and O–H groups in total. The number of aromatic nitrogens is 4. The largest absolute Gasteiger partial charge is 0.379 e. The summed E-state index contributed by atoms with van der Waals surface area (Å²) in [7, 11) is 0. The Morgan fingerprint density at radius 2 is 2.20 bits per heavy atom. The Hall–Kier alpha value is -1.95. The second-order valence-corrected chi connectivity index (χ2v) is 5.53. The van der Waals surface area contributed by atoms with Crippen LogP contribution < -0.4 is 5.32 Å². The molecular formula is C14H18N6. The van der Waals surface area contributed by atoms with Gasteiger partial charge in [-0.3, -0.25) is 4.90 Å². The molecule has 2 atom stereocenters. The first-order chi connectivity index (χ1) is 9.90.